The molecule has 1 aliphatic carbocycles. The number of nitrogens with zero attached hydrogens (tertiary/aromatic N) is 3. The maximum absolute atomic E-state index is 15.3. The number of aliphatic hydroxyl groups is 2. The number of ether oxygens (including phenoxy) is 4. The highest BCUT2D eigenvalue weighted by atomic mass is 32.3. The number of carbonyl (C=O) groups excluding carboxylic acids is 4. The highest BCUT2D eigenvalue weighted by molar-refractivity contribution is 7.79. The first-order valence-corrected chi connectivity index (χ1v) is 23.3. The second kappa shape index (κ2) is 16.5. The molecule has 19 heteroatoms. The smallest absolute Gasteiger partial charge is 0.394 e. The van der Waals surface area contributed by atoms with Gasteiger partial charge in [-0.25, -0.2) is 4.79 Å². The summed E-state index contributed by atoms with van der Waals surface area (Å²) in [5, 5.41) is 26.3. The third-order valence-electron chi connectivity index (χ3n) is 15.7. The summed E-state index contributed by atoms with van der Waals surface area (Å²) >= 11 is 0. The number of fused-ring (bicyclic) bond motifs is 6. The molecule has 6 aliphatic rings. The summed E-state index contributed by atoms with van der Waals surface area (Å²) in [6, 6.07) is 9.90. The Hall–Kier alpha value is -4.89. The fourth-order valence-electron chi connectivity index (χ4n) is 13.6. The standard InChI is InChI=1S/C46H56N4O10.H2O4S/c1-7-42(55)22-27-23-45(40(53)59-5,36-29(14-18-48(24-27)25-42)28-12-9-10-13-32(28)47-36)31-20-30-33(21-34(31)57-3)50(26-51)39-44(30)16-19-49-17-11-15-43(8-2,38(44)49)35(37(52)58-4)46(39,56)41(54)60-6;1-5(2,3)4/h9-13,15,20-21,26-27,35,38-39,47,55-56H,7-8,14,16-19,22-25H2,1-6H3;(H2,1,2,3,4)/t27-,35-,38+,39-,42+,43+,44-,45+,46-;/m1./s1. The summed E-state index contributed by atoms with van der Waals surface area (Å²) in [7, 11) is 0.640. The van der Waals surface area contributed by atoms with Crippen molar-refractivity contribution in [2.45, 2.75) is 86.5 Å². The van der Waals surface area contributed by atoms with Gasteiger partial charge < -0.3 is 39.0 Å². The highest BCUT2D eigenvalue weighted by Crippen LogP contribution is 2.69. The quantitative estimate of drug-likeness (QED) is 0.0717. The largest absolute Gasteiger partial charge is 0.496 e. The molecule has 1 unspecified atom stereocenters. The van der Waals surface area contributed by atoms with E-state index < -0.39 is 73.8 Å². The zero-order valence-electron chi connectivity index (χ0n) is 37.4. The van der Waals surface area contributed by atoms with E-state index in [1.807, 2.05) is 50.3 Å². The molecular weight excluding hydrogens is 865 g/mol. The Balaban J connectivity index is 0.00000109. The summed E-state index contributed by atoms with van der Waals surface area (Å²) in [6.07, 6.45) is 7.16. The minimum atomic E-state index is -4.67. The molecule has 2 aromatic carbocycles. The monoisotopic (exact) mass is 922 g/mol. The molecule has 1 spiro atoms. The van der Waals surface area contributed by atoms with Gasteiger partial charge in [0, 0.05) is 71.3 Å². The minimum absolute atomic E-state index is 0.159. The second-order valence-corrected chi connectivity index (χ2v) is 19.4. The lowest BCUT2D eigenvalue weighted by atomic mass is 9.44. The Kier molecular flexibility index (Phi) is 11.8. The number of esters is 3. The van der Waals surface area contributed by atoms with Crippen molar-refractivity contribution >= 4 is 51.3 Å². The zero-order valence-corrected chi connectivity index (χ0v) is 38.2. The molecule has 0 radical (unpaired) electrons. The molecular formula is C46H58N4O14S. The van der Waals surface area contributed by atoms with Crippen LogP contribution in [0.4, 0.5) is 5.69 Å². The number of para-hydroxylation sites is 1. The lowest BCUT2D eigenvalue weighted by molar-refractivity contribution is -0.210. The predicted molar refractivity (Wildman–Crippen MR) is 235 cm³/mol. The van der Waals surface area contributed by atoms with E-state index in [0.29, 0.717) is 99.5 Å². The molecule has 1 aromatic heterocycles. The molecule has 5 N–H and O–H groups in total. The number of nitrogens with one attached hydrogen (secondary N) is 1. The summed E-state index contributed by atoms with van der Waals surface area (Å²) in [5.74, 6) is -3.64. The number of hydrogen-bond acceptors (Lipinski definition) is 14. The summed E-state index contributed by atoms with van der Waals surface area (Å²) in [4.78, 5) is 67.3. The van der Waals surface area contributed by atoms with E-state index in [2.05, 4.69) is 20.9 Å². The number of carbonyl (C=O) groups is 4. The summed E-state index contributed by atoms with van der Waals surface area (Å²) in [6.45, 7) is 6.87. The number of aromatic amines is 1. The predicted octanol–water partition coefficient (Wildman–Crippen LogP) is 2.72. The first kappa shape index (κ1) is 46.6. The normalized spacial score (nSPS) is 34.6. The molecule has 3 fully saturated rings. The van der Waals surface area contributed by atoms with Crippen LogP contribution in [0.2, 0.25) is 0 Å². The lowest BCUT2D eigenvalue weighted by Gasteiger charge is -2.63. The average Bonchev–Trinajstić information content (AvgIpc) is 3.96. The number of hydrogen-bond donors (Lipinski definition) is 5. The molecule has 2 bridgehead atoms. The highest BCUT2D eigenvalue weighted by Gasteiger charge is 2.81. The third kappa shape index (κ3) is 6.74. The van der Waals surface area contributed by atoms with Crippen molar-refractivity contribution in [3.05, 3.63) is 70.9 Å². The van der Waals surface area contributed by atoms with Crippen LogP contribution >= 0.6 is 0 Å². The maximum atomic E-state index is 15.3. The number of rotatable bonds is 8. The van der Waals surface area contributed by atoms with Crippen LogP contribution in [0.15, 0.2) is 48.6 Å². The van der Waals surface area contributed by atoms with Gasteiger partial charge in [0.1, 0.15) is 17.1 Å². The van der Waals surface area contributed by atoms with Gasteiger partial charge in [-0.15, -0.1) is 0 Å². The Labute approximate surface area is 377 Å². The average molecular weight is 923 g/mol. The van der Waals surface area contributed by atoms with Gasteiger partial charge >= 0.3 is 28.3 Å². The number of amides is 1. The van der Waals surface area contributed by atoms with Crippen LogP contribution < -0.4 is 9.64 Å². The van der Waals surface area contributed by atoms with Gasteiger partial charge in [-0.05, 0) is 74.2 Å². The number of anilines is 1. The van der Waals surface area contributed by atoms with E-state index in [9.17, 15) is 24.6 Å². The topological polar surface area (TPSA) is 246 Å². The van der Waals surface area contributed by atoms with Crippen molar-refractivity contribution in [2.75, 3.05) is 66.1 Å². The van der Waals surface area contributed by atoms with Gasteiger partial charge in [0.2, 0.25) is 6.41 Å². The van der Waals surface area contributed by atoms with E-state index >= 15 is 4.79 Å². The molecule has 352 valence electrons. The van der Waals surface area contributed by atoms with Gasteiger partial charge in [-0.1, -0.05) is 44.2 Å². The second-order valence-electron chi connectivity index (χ2n) is 18.5. The molecule has 6 heterocycles. The number of benzene rings is 2. The molecule has 65 heavy (non-hydrogen) atoms. The SMILES string of the molecule is CC[C@]1(O)C[C@H]2CN(CCc3c([nH]c4ccccc34)[C@@](C(=O)OC)(c3cc4c(cc3OC)N(C=O)[C@H]3[C@@](O)(C(=O)OC)[C@H](C(=O)OC)[C@]5(CC)C=CCN6CC[C@]43[C@@H]65)C2)C1.O=S(=O)(O)O. The van der Waals surface area contributed by atoms with Gasteiger partial charge in [0.25, 0.3) is 0 Å². The van der Waals surface area contributed by atoms with Gasteiger partial charge in [0.05, 0.1) is 45.8 Å². The van der Waals surface area contributed by atoms with Crippen molar-refractivity contribution in [1.29, 1.82) is 0 Å². The Morgan fingerprint density at radius 3 is 2.26 bits per heavy atom. The van der Waals surface area contributed by atoms with Crippen molar-refractivity contribution in [3.63, 3.8) is 0 Å². The van der Waals surface area contributed by atoms with Gasteiger partial charge in [0.15, 0.2) is 5.60 Å². The van der Waals surface area contributed by atoms with Crippen molar-refractivity contribution < 1.29 is 65.9 Å². The number of aromatic nitrogens is 1. The van der Waals surface area contributed by atoms with Gasteiger partial charge in [-0.2, -0.15) is 8.42 Å². The fourth-order valence-corrected chi connectivity index (χ4v) is 13.6. The van der Waals surface area contributed by atoms with E-state index in [1.165, 1.54) is 33.3 Å². The maximum Gasteiger partial charge on any atom is 0.394 e. The summed E-state index contributed by atoms with van der Waals surface area (Å²) in [5.41, 5.74) is -3.30. The molecule has 1 amide bonds. The van der Waals surface area contributed by atoms with Crippen molar-refractivity contribution in [1.82, 2.24) is 14.8 Å². The van der Waals surface area contributed by atoms with Crippen LogP contribution in [0.3, 0.4) is 0 Å². The van der Waals surface area contributed by atoms with E-state index in [1.54, 1.807) is 6.07 Å². The first-order valence-electron chi connectivity index (χ1n) is 21.9. The number of piperidine rings is 1. The fraction of sp³-hybridized carbons (Fsp3) is 0.565. The van der Waals surface area contributed by atoms with Crippen molar-refractivity contribution in [3.8, 4) is 5.75 Å². The molecule has 2 saturated heterocycles. The Morgan fingerprint density at radius 2 is 1.63 bits per heavy atom. The Morgan fingerprint density at radius 1 is 0.923 bits per heavy atom. The first-order chi connectivity index (χ1) is 30.8. The molecule has 18 nitrogen and oxygen atoms in total. The van der Waals surface area contributed by atoms with Gasteiger partial charge in [-0.3, -0.25) is 33.3 Å². The van der Waals surface area contributed by atoms with Crippen LogP contribution in [0, 0.1) is 17.3 Å². The molecule has 1 saturated carbocycles. The molecule has 5 aliphatic heterocycles. The van der Waals surface area contributed by atoms with E-state index in [0.717, 1.165) is 16.5 Å². The number of methoxy groups -OCH3 is 4. The van der Waals surface area contributed by atoms with E-state index in [-0.39, 0.29) is 12.3 Å². The molecule has 10 atom stereocenters. The number of H-pyrrole nitrogens is 1. The van der Waals surface area contributed by atoms with E-state index in [4.69, 9.17) is 36.5 Å². The zero-order chi connectivity index (χ0) is 47.1. The van der Waals surface area contributed by atoms with Crippen LogP contribution in [0.25, 0.3) is 10.9 Å². The van der Waals surface area contributed by atoms with Crippen LogP contribution in [0.1, 0.15) is 68.3 Å². The summed E-state index contributed by atoms with van der Waals surface area (Å²) < 4.78 is 54.6. The molecule has 9 rings (SSSR count). The molecule has 3 aromatic rings. The minimum Gasteiger partial charge on any atom is -0.496 e. The van der Waals surface area contributed by atoms with Crippen molar-refractivity contribution in [2.24, 2.45) is 17.3 Å². The Bertz CT molecular complexity index is 2560. The third-order valence-corrected chi connectivity index (χ3v) is 15.7. The van der Waals surface area contributed by atoms with Crippen LogP contribution in [-0.2, 0) is 61.0 Å². The lowest BCUT2D eigenvalue weighted by Crippen LogP contribution is -2.80. The van der Waals surface area contributed by atoms with Crippen LogP contribution in [0.5, 0.6) is 5.75 Å². The van der Waals surface area contributed by atoms with Crippen LogP contribution in [-0.4, -0.2) is 151 Å².